The standard InChI is InChI=1S/C14H25N3O/c1-14(2)5-4-7-17(8-6-14)11-13-9-12(10-15-3)16-18-13/h9,15H,4-8,10-11H2,1-3H3. The van der Waals surface area contributed by atoms with Crippen LogP contribution in [0.5, 0.6) is 0 Å². The minimum Gasteiger partial charge on any atom is -0.360 e. The highest BCUT2D eigenvalue weighted by Gasteiger charge is 2.23. The summed E-state index contributed by atoms with van der Waals surface area (Å²) in [5, 5.41) is 7.14. The third-order valence-corrected chi connectivity index (χ3v) is 3.78. The van der Waals surface area contributed by atoms with E-state index in [0.29, 0.717) is 5.41 Å². The molecule has 0 aromatic carbocycles. The smallest absolute Gasteiger partial charge is 0.151 e. The van der Waals surface area contributed by atoms with Crippen LogP contribution in [0.15, 0.2) is 10.6 Å². The van der Waals surface area contributed by atoms with Crippen LogP contribution >= 0.6 is 0 Å². The fraction of sp³-hybridized carbons (Fsp3) is 0.786. The first-order chi connectivity index (χ1) is 8.59. The van der Waals surface area contributed by atoms with Gasteiger partial charge in [0.1, 0.15) is 0 Å². The summed E-state index contributed by atoms with van der Waals surface area (Å²) in [5.41, 5.74) is 1.48. The van der Waals surface area contributed by atoms with Crippen LogP contribution in [0.4, 0.5) is 0 Å². The second-order valence-electron chi connectivity index (χ2n) is 6.11. The maximum atomic E-state index is 5.38. The summed E-state index contributed by atoms with van der Waals surface area (Å²) >= 11 is 0. The van der Waals surface area contributed by atoms with E-state index in [-0.39, 0.29) is 0 Å². The lowest BCUT2D eigenvalue weighted by atomic mass is 9.85. The van der Waals surface area contributed by atoms with Crippen LogP contribution in [0.1, 0.15) is 44.6 Å². The van der Waals surface area contributed by atoms with Crippen LogP contribution in [0.25, 0.3) is 0 Å². The molecule has 0 bridgehead atoms. The number of likely N-dealkylation sites (tertiary alicyclic amines) is 1. The van der Waals surface area contributed by atoms with Gasteiger partial charge < -0.3 is 9.84 Å². The van der Waals surface area contributed by atoms with Gasteiger partial charge in [-0.3, -0.25) is 4.90 Å². The van der Waals surface area contributed by atoms with Crippen molar-refractivity contribution in [2.45, 2.75) is 46.2 Å². The average Bonchev–Trinajstić information content (AvgIpc) is 2.66. The molecule has 0 spiro atoms. The van der Waals surface area contributed by atoms with Gasteiger partial charge in [-0.15, -0.1) is 0 Å². The fourth-order valence-electron chi connectivity index (χ4n) is 2.55. The van der Waals surface area contributed by atoms with E-state index in [0.717, 1.165) is 31.1 Å². The van der Waals surface area contributed by atoms with E-state index in [9.17, 15) is 0 Å². The first kappa shape index (κ1) is 13.6. The molecule has 1 N–H and O–H groups in total. The Balaban J connectivity index is 1.88. The predicted octanol–water partition coefficient (Wildman–Crippen LogP) is 2.41. The van der Waals surface area contributed by atoms with Crippen LogP contribution in [0, 0.1) is 5.41 Å². The Morgan fingerprint density at radius 3 is 3.00 bits per heavy atom. The van der Waals surface area contributed by atoms with Crippen molar-refractivity contribution in [3.05, 3.63) is 17.5 Å². The minimum atomic E-state index is 0.494. The Bertz CT molecular complexity index is 373. The van der Waals surface area contributed by atoms with Crippen molar-refractivity contribution < 1.29 is 4.52 Å². The molecule has 0 unspecified atom stereocenters. The number of rotatable bonds is 4. The first-order valence-corrected chi connectivity index (χ1v) is 6.90. The third-order valence-electron chi connectivity index (χ3n) is 3.78. The Morgan fingerprint density at radius 1 is 1.39 bits per heavy atom. The van der Waals surface area contributed by atoms with Gasteiger partial charge in [-0.2, -0.15) is 0 Å². The summed E-state index contributed by atoms with van der Waals surface area (Å²) < 4.78 is 5.38. The molecule has 1 saturated heterocycles. The molecule has 1 aliphatic heterocycles. The van der Waals surface area contributed by atoms with Gasteiger partial charge in [0.15, 0.2) is 5.76 Å². The molecule has 0 aliphatic carbocycles. The largest absolute Gasteiger partial charge is 0.360 e. The van der Waals surface area contributed by atoms with Crippen LogP contribution in [-0.2, 0) is 13.1 Å². The summed E-state index contributed by atoms with van der Waals surface area (Å²) in [4.78, 5) is 2.48. The van der Waals surface area contributed by atoms with Gasteiger partial charge in [0.25, 0.3) is 0 Å². The zero-order valence-electron chi connectivity index (χ0n) is 11.8. The molecular weight excluding hydrogens is 226 g/mol. The molecule has 4 nitrogen and oxygen atoms in total. The van der Waals surface area contributed by atoms with Crippen molar-refractivity contribution in [1.82, 2.24) is 15.4 Å². The molecule has 0 saturated carbocycles. The van der Waals surface area contributed by atoms with Gasteiger partial charge in [-0.25, -0.2) is 0 Å². The number of nitrogens with zero attached hydrogens (tertiary/aromatic N) is 2. The van der Waals surface area contributed by atoms with Crippen LogP contribution in [0.3, 0.4) is 0 Å². The maximum absolute atomic E-state index is 5.38. The van der Waals surface area contributed by atoms with Crippen LogP contribution < -0.4 is 5.32 Å². The van der Waals surface area contributed by atoms with Gasteiger partial charge in [0.2, 0.25) is 0 Å². The lowest BCUT2D eigenvalue weighted by Gasteiger charge is -2.22. The summed E-state index contributed by atoms with van der Waals surface area (Å²) in [7, 11) is 1.92. The summed E-state index contributed by atoms with van der Waals surface area (Å²) in [5.74, 6) is 0.986. The molecule has 1 aromatic heterocycles. The molecule has 0 atom stereocenters. The highest BCUT2D eigenvalue weighted by atomic mass is 16.5. The van der Waals surface area contributed by atoms with E-state index in [2.05, 4.69) is 35.3 Å². The second kappa shape index (κ2) is 5.85. The van der Waals surface area contributed by atoms with Crippen LogP contribution in [0.2, 0.25) is 0 Å². The van der Waals surface area contributed by atoms with E-state index < -0.39 is 0 Å². The lowest BCUT2D eigenvalue weighted by molar-refractivity contribution is 0.227. The van der Waals surface area contributed by atoms with E-state index in [1.807, 2.05) is 7.05 Å². The maximum Gasteiger partial charge on any atom is 0.151 e. The van der Waals surface area contributed by atoms with Crippen molar-refractivity contribution in [2.75, 3.05) is 20.1 Å². The monoisotopic (exact) mass is 251 g/mol. The molecule has 1 aromatic rings. The van der Waals surface area contributed by atoms with Gasteiger partial charge >= 0.3 is 0 Å². The molecule has 0 amide bonds. The third kappa shape index (κ3) is 3.82. The molecule has 4 heteroatoms. The van der Waals surface area contributed by atoms with Crippen molar-refractivity contribution in [2.24, 2.45) is 5.41 Å². The Labute approximate surface area is 110 Å². The highest BCUT2D eigenvalue weighted by Crippen LogP contribution is 2.30. The predicted molar refractivity (Wildman–Crippen MR) is 72.2 cm³/mol. The SMILES string of the molecule is CNCc1cc(CN2CCCC(C)(C)CC2)on1. The quantitative estimate of drug-likeness (QED) is 0.892. The zero-order chi connectivity index (χ0) is 13.0. The van der Waals surface area contributed by atoms with Crippen molar-refractivity contribution in [1.29, 1.82) is 0 Å². The highest BCUT2D eigenvalue weighted by molar-refractivity contribution is 5.05. The van der Waals surface area contributed by atoms with Gasteiger partial charge in [0.05, 0.1) is 12.2 Å². The van der Waals surface area contributed by atoms with Crippen LogP contribution in [-0.4, -0.2) is 30.2 Å². The molecule has 1 fully saturated rings. The lowest BCUT2D eigenvalue weighted by Crippen LogP contribution is -2.24. The molecule has 0 radical (unpaired) electrons. The van der Waals surface area contributed by atoms with Crippen molar-refractivity contribution >= 4 is 0 Å². The second-order valence-corrected chi connectivity index (χ2v) is 6.11. The van der Waals surface area contributed by atoms with Crippen molar-refractivity contribution in [3.63, 3.8) is 0 Å². The Kier molecular flexibility index (Phi) is 4.40. The molecule has 2 heterocycles. The number of hydrogen-bond acceptors (Lipinski definition) is 4. The molecule has 1 aliphatic rings. The summed E-state index contributed by atoms with van der Waals surface area (Å²) in [6.45, 7) is 8.75. The average molecular weight is 251 g/mol. The molecule has 102 valence electrons. The first-order valence-electron chi connectivity index (χ1n) is 6.90. The summed E-state index contributed by atoms with van der Waals surface area (Å²) in [6.07, 6.45) is 3.87. The van der Waals surface area contributed by atoms with Crippen molar-refractivity contribution in [3.8, 4) is 0 Å². The van der Waals surface area contributed by atoms with Gasteiger partial charge in [-0.1, -0.05) is 19.0 Å². The zero-order valence-corrected chi connectivity index (χ0v) is 11.8. The number of hydrogen-bond donors (Lipinski definition) is 1. The fourth-order valence-corrected chi connectivity index (χ4v) is 2.55. The minimum absolute atomic E-state index is 0.494. The van der Waals surface area contributed by atoms with Gasteiger partial charge in [0, 0.05) is 12.6 Å². The van der Waals surface area contributed by atoms with E-state index in [1.165, 1.54) is 25.8 Å². The Hall–Kier alpha value is -0.870. The van der Waals surface area contributed by atoms with E-state index in [1.54, 1.807) is 0 Å². The molecular formula is C14H25N3O. The van der Waals surface area contributed by atoms with E-state index in [4.69, 9.17) is 4.52 Å². The number of aromatic nitrogens is 1. The normalized spacial score (nSPS) is 20.8. The van der Waals surface area contributed by atoms with Gasteiger partial charge in [-0.05, 0) is 44.8 Å². The Morgan fingerprint density at radius 2 is 2.22 bits per heavy atom. The topological polar surface area (TPSA) is 41.3 Å². The summed E-state index contributed by atoms with van der Waals surface area (Å²) in [6, 6.07) is 2.06. The molecule has 18 heavy (non-hydrogen) atoms. The van der Waals surface area contributed by atoms with E-state index >= 15 is 0 Å². The number of nitrogens with one attached hydrogen (secondary N) is 1. The molecule has 2 rings (SSSR count).